The lowest BCUT2D eigenvalue weighted by atomic mass is 10.0. The Kier molecular flexibility index (Phi) is 5.49. The molecule has 0 aliphatic carbocycles. The minimum atomic E-state index is 0.826. The first-order chi connectivity index (χ1) is 6.75. The lowest BCUT2D eigenvalue weighted by molar-refractivity contribution is 0.203. The van der Waals surface area contributed by atoms with Crippen molar-refractivity contribution < 1.29 is 0 Å². The van der Waals surface area contributed by atoms with Crippen LogP contribution in [0.1, 0.15) is 46.0 Å². The zero-order valence-corrected chi connectivity index (χ0v) is 9.84. The first-order valence-electron chi connectivity index (χ1n) is 6.20. The molecule has 1 aliphatic rings. The van der Waals surface area contributed by atoms with E-state index in [2.05, 4.69) is 18.7 Å². The largest absolute Gasteiger partial charge is 0.330 e. The Morgan fingerprint density at radius 2 is 2.07 bits per heavy atom. The molecule has 1 unspecified atom stereocenters. The van der Waals surface area contributed by atoms with Crippen LogP contribution in [0.4, 0.5) is 0 Å². The first-order valence-corrected chi connectivity index (χ1v) is 6.20. The van der Waals surface area contributed by atoms with Crippen molar-refractivity contribution >= 4 is 0 Å². The molecule has 0 aromatic rings. The Bertz CT molecular complexity index is 145. The van der Waals surface area contributed by atoms with Gasteiger partial charge in [0, 0.05) is 6.04 Å². The van der Waals surface area contributed by atoms with Gasteiger partial charge >= 0.3 is 0 Å². The van der Waals surface area contributed by atoms with Crippen molar-refractivity contribution in [1.29, 1.82) is 0 Å². The highest BCUT2D eigenvalue weighted by Gasteiger charge is 2.25. The molecule has 0 aromatic heterocycles. The average molecular weight is 198 g/mol. The van der Waals surface area contributed by atoms with Crippen molar-refractivity contribution in [1.82, 2.24) is 4.90 Å². The van der Waals surface area contributed by atoms with Crippen molar-refractivity contribution in [3.63, 3.8) is 0 Å². The van der Waals surface area contributed by atoms with Gasteiger partial charge in [-0.15, -0.1) is 0 Å². The highest BCUT2D eigenvalue weighted by atomic mass is 15.2. The Hall–Kier alpha value is -0.0800. The van der Waals surface area contributed by atoms with Gasteiger partial charge in [-0.2, -0.15) is 0 Å². The van der Waals surface area contributed by atoms with Crippen molar-refractivity contribution in [3.8, 4) is 0 Å². The molecule has 1 rings (SSSR count). The molecule has 2 nitrogen and oxygen atoms in total. The molecule has 84 valence electrons. The molecule has 14 heavy (non-hydrogen) atoms. The zero-order chi connectivity index (χ0) is 10.4. The molecular formula is C12H26N2. The molecule has 1 aliphatic heterocycles. The van der Waals surface area contributed by atoms with E-state index >= 15 is 0 Å². The summed E-state index contributed by atoms with van der Waals surface area (Å²) in [4.78, 5) is 2.68. The monoisotopic (exact) mass is 198 g/mol. The van der Waals surface area contributed by atoms with Gasteiger partial charge < -0.3 is 10.6 Å². The quantitative estimate of drug-likeness (QED) is 0.663. The van der Waals surface area contributed by atoms with Crippen LogP contribution in [0, 0.1) is 5.92 Å². The number of unbranched alkanes of at least 4 members (excludes halogenated alkanes) is 2. The van der Waals surface area contributed by atoms with E-state index in [1.165, 1.54) is 45.2 Å². The molecule has 1 heterocycles. The Morgan fingerprint density at radius 3 is 2.71 bits per heavy atom. The second-order valence-electron chi connectivity index (χ2n) is 4.84. The lowest BCUT2D eigenvalue weighted by Crippen LogP contribution is -2.34. The summed E-state index contributed by atoms with van der Waals surface area (Å²) in [6, 6.07) is 0.855. The summed E-state index contributed by atoms with van der Waals surface area (Å²) < 4.78 is 0. The van der Waals surface area contributed by atoms with E-state index in [0.29, 0.717) is 0 Å². The number of likely N-dealkylation sites (tertiary alicyclic amines) is 1. The van der Waals surface area contributed by atoms with Crippen LogP contribution in [0.2, 0.25) is 0 Å². The number of nitrogens with two attached hydrogens (primary N) is 1. The second-order valence-corrected chi connectivity index (χ2v) is 4.84. The summed E-state index contributed by atoms with van der Waals surface area (Å²) in [6.07, 6.45) is 6.65. The molecule has 0 bridgehead atoms. The highest BCUT2D eigenvalue weighted by molar-refractivity contribution is 4.81. The van der Waals surface area contributed by atoms with Crippen molar-refractivity contribution in [2.45, 2.75) is 52.0 Å². The van der Waals surface area contributed by atoms with Crippen molar-refractivity contribution in [3.05, 3.63) is 0 Å². The summed E-state index contributed by atoms with van der Waals surface area (Å²) in [6.45, 7) is 8.17. The molecule has 0 saturated carbocycles. The van der Waals surface area contributed by atoms with Gasteiger partial charge in [0.1, 0.15) is 0 Å². The molecule has 0 amide bonds. The van der Waals surface area contributed by atoms with E-state index in [0.717, 1.165) is 18.5 Å². The minimum absolute atomic E-state index is 0.826. The maximum atomic E-state index is 5.48. The topological polar surface area (TPSA) is 29.3 Å². The molecule has 1 atom stereocenters. The van der Waals surface area contributed by atoms with E-state index in [9.17, 15) is 0 Å². The summed E-state index contributed by atoms with van der Waals surface area (Å²) in [5, 5.41) is 0. The van der Waals surface area contributed by atoms with Crippen LogP contribution in [0.5, 0.6) is 0 Å². The molecule has 1 fully saturated rings. The van der Waals surface area contributed by atoms with Gasteiger partial charge in [0.05, 0.1) is 0 Å². The maximum Gasteiger partial charge on any atom is 0.0119 e. The predicted molar refractivity (Wildman–Crippen MR) is 62.3 cm³/mol. The van der Waals surface area contributed by atoms with Gasteiger partial charge in [-0.3, -0.25) is 0 Å². The van der Waals surface area contributed by atoms with Gasteiger partial charge in [-0.05, 0) is 51.2 Å². The minimum Gasteiger partial charge on any atom is -0.330 e. The van der Waals surface area contributed by atoms with E-state index in [1.807, 2.05) is 0 Å². The third-order valence-corrected chi connectivity index (χ3v) is 3.33. The maximum absolute atomic E-state index is 5.48. The fourth-order valence-corrected chi connectivity index (χ4v) is 2.52. The van der Waals surface area contributed by atoms with Crippen LogP contribution in [0.15, 0.2) is 0 Å². The third-order valence-electron chi connectivity index (χ3n) is 3.33. The van der Waals surface area contributed by atoms with Gasteiger partial charge in [0.15, 0.2) is 0 Å². The Morgan fingerprint density at radius 1 is 1.29 bits per heavy atom. The van der Waals surface area contributed by atoms with Crippen molar-refractivity contribution in [2.24, 2.45) is 11.7 Å². The summed E-state index contributed by atoms with van der Waals surface area (Å²) in [7, 11) is 0. The molecular weight excluding hydrogens is 172 g/mol. The highest BCUT2D eigenvalue weighted by Crippen LogP contribution is 2.23. The fraction of sp³-hybridized carbons (Fsp3) is 1.00. The second kappa shape index (κ2) is 6.41. The predicted octanol–water partition coefficient (Wildman–Crippen LogP) is 2.24. The van der Waals surface area contributed by atoms with E-state index in [4.69, 9.17) is 5.73 Å². The SMILES string of the molecule is CC(C)C1CCCN1CCCCCN. The number of rotatable bonds is 6. The van der Waals surface area contributed by atoms with Crippen LogP contribution in [-0.4, -0.2) is 30.6 Å². The van der Waals surface area contributed by atoms with Crippen LogP contribution in [0.25, 0.3) is 0 Å². The van der Waals surface area contributed by atoms with E-state index in [-0.39, 0.29) is 0 Å². The Balaban J connectivity index is 2.16. The molecule has 0 radical (unpaired) electrons. The average Bonchev–Trinajstić information content (AvgIpc) is 2.60. The van der Waals surface area contributed by atoms with E-state index in [1.54, 1.807) is 0 Å². The smallest absolute Gasteiger partial charge is 0.0119 e. The molecule has 2 heteroatoms. The van der Waals surface area contributed by atoms with E-state index < -0.39 is 0 Å². The standard InChI is InChI=1S/C12H26N2/c1-11(2)12-7-6-10-14(12)9-5-3-4-8-13/h11-12H,3-10,13H2,1-2H3. The van der Waals surface area contributed by atoms with Crippen LogP contribution >= 0.6 is 0 Å². The molecule has 1 saturated heterocycles. The van der Waals surface area contributed by atoms with Crippen LogP contribution in [-0.2, 0) is 0 Å². The van der Waals surface area contributed by atoms with Gasteiger partial charge in [0.2, 0.25) is 0 Å². The first kappa shape index (κ1) is 12.0. The number of hydrogen-bond acceptors (Lipinski definition) is 2. The van der Waals surface area contributed by atoms with Crippen LogP contribution < -0.4 is 5.73 Å². The van der Waals surface area contributed by atoms with Gasteiger partial charge in [-0.25, -0.2) is 0 Å². The molecule has 0 spiro atoms. The summed E-state index contributed by atoms with van der Waals surface area (Å²) >= 11 is 0. The lowest BCUT2D eigenvalue weighted by Gasteiger charge is -2.27. The third kappa shape index (κ3) is 3.58. The van der Waals surface area contributed by atoms with Crippen LogP contribution in [0.3, 0.4) is 0 Å². The normalized spacial score (nSPS) is 23.6. The Labute approximate surface area is 88.8 Å². The summed E-state index contributed by atoms with van der Waals surface area (Å²) in [5.41, 5.74) is 5.48. The van der Waals surface area contributed by atoms with Crippen molar-refractivity contribution in [2.75, 3.05) is 19.6 Å². The number of nitrogens with zero attached hydrogens (tertiary/aromatic N) is 1. The molecule has 2 N–H and O–H groups in total. The number of hydrogen-bond donors (Lipinski definition) is 1. The zero-order valence-electron chi connectivity index (χ0n) is 9.84. The summed E-state index contributed by atoms with van der Waals surface area (Å²) in [5.74, 6) is 0.826. The molecule has 0 aromatic carbocycles. The fourth-order valence-electron chi connectivity index (χ4n) is 2.52. The van der Waals surface area contributed by atoms with Gasteiger partial charge in [0.25, 0.3) is 0 Å². The van der Waals surface area contributed by atoms with Gasteiger partial charge in [-0.1, -0.05) is 20.3 Å².